The Morgan fingerprint density at radius 2 is 1.81 bits per heavy atom. The minimum Gasteiger partial charge on any atom is -0.488 e. The fourth-order valence-electron chi connectivity index (χ4n) is 3.21. The average Bonchev–Trinajstić information content (AvgIpc) is 2.65. The lowest BCUT2D eigenvalue weighted by molar-refractivity contribution is -0.115. The van der Waals surface area contributed by atoms with Crippen LogP contribution in [0.15, 0.2) is 48.5 Å². The predicted octanol–water partition coefficient (Wildman–Crippen LogP) is 3.25. The summed E-state index contributed by atoms with van der Waals surface area (Å²) in [5.41, 5.74) is 1.43. The summed E-state index contributed by atoms with van der Waals surface area (Å²) in [7, 11) is 0. The van der Waals surface area contributed by atoms with Crippen molar-refractivity contribution in [2.24, 2.45) is 0 Å². The standard InChI is InChI=1S/C21H23NO5/c23-18-6-1-2-7-19(18)27-17-10-8-16(9-11-17)22-20(24)13-14-4-3-5-15(12-14)21(25)26/h3-5,8-12,18-19,23H,1-2,6-7,13H2,(H,22,24)(H,25,26). The third-order valence-electron chi connectivity index (χ3n) is 4.63. The first-order valence-corrected chi connectivity index (χ1v) is 9.08. The van der Waals surface area contributed by atoms with E-state index in [1.165, 1.54) is 12.1 Å². The number of aliphatic hydroxyl groups is 1. The Balaban J connectivity index is 1.55. The van der Waals surface area contributed by atoms with E-state index in [1.807, 2.05) is 0 Å². The van der Waals surface area contributed by atoms with Gasteiger partial charge in [0.25, 0.3) is 0 Å². The zero-order valence-electron chi connectivity index (χ0n) is 14.9. The maximum Gasteiger partial charge on any atom is 0.335 e. The highest BCUT2D eigenvalue weighted by atomic mass is 16.5. The average molecular weight is 369 g/mol. The fourth-order valence-corrected chi connectivity index (χ4v) is 3.21. The molecule has 1 amide bonds. The van der Waals surface area contributed by atoms with Gasteiger partial charge in [0, 0.05) is 5.69 Å². The molecule has 0 spiro atoms. The normalized spacial score (nSPS) is 19.3. The van der Waals surface area contributed by atoms with E-state index >= 15 is 0 Å². The van der Waals surface area contributed by atoms with Gasteiger partial charge >= 0.3 is 5.97 Å². The Hall–Kier alpha value is -2.86. The van der Waals surface area contributed by atoms with Gasteiger partial charge in [-0.25, -0.2) is 4.79 Å². The zero-order chi connectivity index (χ0) is 19.2. The molecule has 0 radical (unpaired) electrons. The number of benzene rings is 2. The lowest BCUT2D eigenvalue weighted by atomic mass is 9.95. The fraction of sp³-hybridized carbons (Fsp3) is 0.333. The molecule has 0 heterocycles. The lowest BCUT2D eigenvalue weighted by Crippen LogP contribution is -2.34. The molecule has 0 aromatic heterocycles. The van der Waals surface area contributed by atoms with Crippen molar-refractivity contribution in [3.63, 3.8) is 0 Å². The number of anilines is 1. The Morgan fingerprint density at radius 3 is 2.52 bits per heavy atom. The SMILES string of the molecule is O=C(Cc1cccc(C(=O)O)c1)Nc1ccc(OC2CCCCC2O)cc1. The number of carboxylic acids is 1. The molecule has 1 fully saturated rings. The van der Waals surface area contributed by atoms with Crippen LogP contribution in [0.5, 0.6) is 5.75 Å². The van der Waals surface area contributed by atoms with Gasteiger partial charge in [0.2, 0.25) is 5.91 Å². The monoisotopic (exact) mass is 369 g/mol. The van der Waals surface area contributed by atoms with Crippen molar-refractivity contribution >= 4 is 17.6 Å². The second kappa shape index (κ2) is 8.68. The van der Waals surface area contributed by atoms with Gasteiger partial charge in [0.1, 0.15) is 11.9 Å². The minimum atomic E-state index is -1.02. The quantitative estimate of drug-likeness (QED) is 0.726. The number of hydrogen-bond acceptors (Lipinski definition) is 4. The molecule has 2 atom stereocenters. The van der Waals surface area contributed by atoms with Crippen molar-refractivity contribution in [3.8, 4) is 5.75 Å². The number of aromatic carboxylic acids is 1. The maximum absolute atomic E-state index is 12.2. The highest BCUT2D eigenvalue weighted by molar-refractivity contribution is 5.93. The second-order valence-corrected chi connectivity index (χ2v) is 6.76. The van der Waals surface area contributed by atoms with Crippen molar-refractivity contribution in [2.45, 2.75) is 44.3 Å². The van der Waals surface area contributed by atoms with Gasteiger partial charge in [0.15, 0.2) is 0 Å². The Bertz CT molecular complexity index is 802. The highest BCUT2D eigenvalue weighted by Gasteiger charge is 2.24. The van der Waals surface area contributed by atoms with Crippen molar-refractivity contribution in [1.29, 1.82) is 0 Å². The number of ether oxygens (including phenoxy) is 1. The summed E-state index contributed by atoms with van der Waals surface area (Å²) in [6, 6.07) is 13.4. The summed E-state index contributed by atoms with van der Waals surface area (Å²) in [6.45, 7) is 0. The molecule has 6 nitrogen and oxygen atoms in total. The Kier molecular flexibility index (Phi) is 6.08. The number of rotatable bonds is 6. The van der Waals surface area contributed by atoms with Crippen LogP contribution < -0.4 is 10.1 Å². The van der Waals surface area contributed by atoms with Crippen LogP contribution in [0.25, 0.3) is 0 Å². The van der Waals surface area contributed by atoms with Crippen molar-refractivity contribution in [2.75, 3.05) is 5.32 Å². The van der Waals surface area contributed by atoms with E-state index < -0.39 is 12.1 Å². The van der Waals surface area contributed by atoms with Crippen LogP contribution in [-0.2, 0) is 11.2 Å². The molecule has 1 aliphatic carbocycles. The van der Waals surface area contributed by atoms with Crippen LogP contribution >= 0.6 is 0 Å². The molecule has 1 aliphatic rings. The molecule has 6 heteroatoms. The zero-order valence-corrected chi connectivity index (χ0v) is 14.9. The van der Waals surface area contributed by atoms with Crippen molar-refractivity contribution in [3.05, 3.63) is 59.7 Å². The smallest absolute Gasteiger partial charge is 0.335 e. The van der Waals surface area contributed by atoms with Gasteiger partial charge in [-0.1, -0.05) is 18.6 Å². The van der Waals surface area contributed by atoms with E-state index in [4.69, 9.17) is 9.84 Å². The number of aliphatic hydroxyl groups excluding tert-OH is 1. The summed E-state index contributed by atoms with van der Waals surface area (Å²) in [5, 5.41) is 21.8. The molecule has 0 bridgehead atoms. The Labute approximate surface area is 157 Å². The van der Waals surface area contributed by atoms with Crippen LogP contribution in [0.3, 0.4) is 0 Å². The van der Waals surface area contributed by atoms with Crippen LogP contribution in [-0.4, -0.2) is 34.3 Å². The molecule has 27 heavy (non-hydrogen) atoms. The van der Waals surface area contributed by atoms with E-state index in [-0.39, 0.29) is 24.0 Å². The summed E-state index contributed by atoms with van der Waals surface area (Å²) in [4.78, 5) is 23.2. The molecule has 0 aliphatic heterocycles. The molecule has 142 valence electrons. The molecule has 2 aromatic rings. The van der Waals surface area contributed by atoms with Gasteiger partial charge < -0.3 is 20.3 Å². The van der Waals surface area contributed by atoms with E-state index in [0.717, 1.165) is 25.7 Å². The molecule has 2 unspecified atom stereocenters. The van der Waals surface area contributed by atoms with Crippen LogP contribution in [0.2, 0.25) is 0 Å². The Morgan fingerprint density at radius 1 is 1.07 bits per heavy atom. The third kappa shape index (κ3) is 5.31. The first kappa shape index (κ1) is 18.9. The molecule has 1 saturated carbocycles. The highest BCUT2D eigenvalue weighted by Crippen LogP contribution is 2.25. The van der Waals surface area contributed by atoms with Crippen LogP contribution in [0.1, 0.15) is 41.6 Å². The number of hydrogen-bond donors (Lipinski definition) is 3. The first-order valence-electron chi connectivity index (χ1n) is 9.08. The summed E-state index contributed by atoms with van der Waals surface area (Å²) < 4.78 is 5.84. The number of carboxylic acid groups (broad SMARTS) is 1. The van der Waals surface area contributed by atoms with Crippen molar-refractivity contribution in [1.82, 2.24) is 0 Å². The molecular formula is C21H23NO5. The van der Waals surface area contributed by atoms with E-state index in [9.17, 15) is 14.7 Å². The van der Waals surface area contributed by atoms with E-state index in [0.29, 0.717) is 17.0 Å². The number of carbonyl (C=O) groups excluding carboxylic acids is 1. The van der Waals surface area contributed by atoms with E-state index in [2.05, 4.69) is 5.32 Å². The summed E-state index contributed by atoms with van der Waals surface area (Å²) in [6.07, 6.45) is 3.17. The van der Waals surface area contributed by atoms with Gasteiger partial charge in [-0.3, -0.25) is 4.79 Å². The van der Waals surface area contributed by atoms with Crippen LogP contribution in [0, 0.1) is 0 Å². The minimum absolute atomic E-state index is 0.0909. The topological polar surface area (TPSA) is 95.9 Å². The lowest BCUT2D eigenvalue weighted by Gasteiger charge is -2.28. The number of amides is 1. The number of nitrogens with one attached hydrogen (secondary N) is 1. The molecule has 3 rings (SSSR count). The van der Waals surface area contributed by atoms with Gasteiger partial charge in [-0.2, -0.15) is 0 Å². The second-order valence-electron chi connectivity index (χ2n) is 6.76. The molecular weight excluding hydrogens is 346 g/mol. The van der Waals surface area contributed by atoms with Gasteiger partial charge in [0.05, 0.1) is 18.1 Å². The first-order chi connectivity index (χ1) is 13.0. The molecule has 3 N–H and O–H groups in total. The van der Waals surface area contributed by atoms with Crippen molar-refractivity contribution < 1.29 is 24.5 Å². The third-order valence-corrected chi connectivity index (χ3v) is 4.63. The van der Waals surface area contributed by atoms with Crippen LogP contribution in [0.4, 0.5) is 5.69 Å². The largest absolute Gasteiger partial charge is 0.488 e. The predicted molar refractivity (Wildman–Crippen MR) is 101 cm³/mol. The summed E-state index contributed by atoms with van der Waals surface area (Å²) >= 11 is 0. The molecule has 0 saturated heterocycles. The van der Waals surface area contributed by atoms with Gasteiger partial charge in [-0.05, 0) is 61.2 Å². The summed E-state index contributed by atoms with van der Waals surface area (Å²) in [5.74, 6) is -0.585. The van der Waals surface area contributed by atoms with E-state index in [1.54, 1.807) is 36.4 Å². The van der Waals surface area contributed by atoms with Gasteiger partial charge in [-0.15, -0.1) is 0 Å². The maximum atomic E-state index is 12.2. The number of carbonyl (C=O) groups is 2. The molecule has 2 aromatic carbocycles.